The molecule has 130 valence electrons. The first-order valence-corrected chi connectivity index (χ1v) is 9.06. The number of urea groups is 1. The molecule has 3 heterocycles. The van der Waals surface area contributed by atoms with Crippen molar-refractivity contribution in [1.29, 1.82) is 0 Å². The van der Waals surface area contributed by atoms with E-state index in [2.05, 4.69) is 20.3 Å². The Kier molecular flexibility index (Phi) is 4.59. The average Bonchev–Trinajstić information content (AvgIpc) is 3.39. The summed E-state index contributed by atoms with van der Waals surface area (Å²) >= 11 is 0. The Labute approximate surface area is 147 Å². The Morgan fingerprint density at radius 2 is 1.92 bits per heavy atom. The number of rotatable bonds is 5. The van der Waals surface area contributed by atoms with Crippen molar-refractivity contribution in [3.63, 3.8) is 0 Å². The van der Waals surface area contributed by atoms with Gasteiger partial charge in [0.1, 0.15) is 5.82 Å². The summed E-state index contributed by atoms with van der Waals surface area (Å²) in [6.45, 7) is 1.41. The normalized spacial score (nSPS) is 19.8. The standard InChI is InChI=1S/C19H23N5O/c25-19(24-11-1-2-17(24)15-6-8-20-9-7-15)21-10-5-14-12-22-18(23-13-14)16-3-4-16/h6-9,12-13,16-17H,1-5,10-11H2,(H,21,25). The van der Waals surface area contributed by atoms with Gasteiger partial charge in [0.15, 0.2) is 0 Å². The van der Waals surface area contributed by atoms with Crippen molar-refractivity contribution in [3.8, 4) is 0 Å². The zero-order valence-electron chi connectivity index (χ0n) is 14.3. The molecule has 1 saturated heterocycles. The topological polar surface area (TPSA) is 71.0 Å². The van der Waals surface area contributed by atoms with Crippen molar-refractivity contribution in [3.05, 3.63) is 53.9 Å². The van der Waals surface area contributed by atoms with Crippen molar-refractivity contribution >= 4 is 6.03 Å². The second-order valence-electron chi connectivity index (χ2n) is 6.84. The van der Waals surface area contributed by atoms with E-state index in [1.165, 1.54) is 12.8 Å². The van der Waals surface area contributed by atoms with Gasteiger partial charge in [0.2, 0.25) is 0 Å². The highest BCUT2D eigenvalue weighted by Gasteiger charge is 2.29. The third-order valence-electron chi connectivity index (χ3n) is 4.96. The lowest BCUT2D eigenvalue weighted by atomic mass is 10.1. The lowest BCUT2D eigenvalue weighted by Crippen LogP contribution is -2.40. The van der Waals surface area contributed by atoms with Crippen LogP contribution in [0.4, 0.5) is 4.79 Å². The Balaban J connectivity index is 1.29. The molecular formula is C19H23N5O. The highest BCUT2D eigenvalue weighted by Crippen LogP contribution is 2.37. The van der Waals surface area contributed by atoms with Gasteiger partial charge in [0.05, 0.1) is 6.04 Å². The van der Waals surface area contributed by atoms with E-state index in [1.807, 2.05) is 29.4 Å². The molecule has 2 fully saturated rings. The van der Waals surface area contributed by atoms with Crippen molar-refractivity contribution in [2.24, 2.45) is 0 Å². The molecule has 0 radical (unpaired) electrons. The van der Waals surface area contributed by atoms with Gasteiger partial charge < -0.3 is 10.2 Å². The highest BCUT2D eigenvalue weighted by molar-refractivity contribution is 5.75. The van der Waals surface area contributed by atoms with Gasteiger partial charge in [-0.15, -0.1) is 0 Å². The fourth-order valence-electron chi connectivity index (χ4n) is 3.40. The van der Waals surface area contributed by atoms with Crippen molar-refractivity contribution in [2.75, 3.05) is 13.1 Å². The monoisotopic (exact) mass is 337 g/mol. The van der Waals surface area contributed by atoms with Crippen LogP contribution in [0.25, 0.3) is 0 Å². The number of hydrogen-bond acceptors (Lipinski definition) is 4. The summed E-state index contributed by atoms with van der Waals surface area (Å²) in [6, 6.07) is 4.16. The molecule has 2 aromatic heterocycles. The van der Waals surface area contributed by atoms with Crippen LogP contribution in [-0.4, -0.2) is 39.0 Å². The predicted octanol–water partition coefficient (Wildman–Crippen LogP) is 2.84. The lowest BCUT2D eigenvalue weighted by molar-refractivity contribution is 0.193. The molecule has 0 bridgehead atoms. The smallest absolute Gasteiger partial charge is 0.317 e. The maximum atomic E-state index is 12.5. The molecule has 1 unspecified atom stereocenters. The number of nitrogens with one attached hydrogen (secondary N) is 1. The van der Waals surface area contributed by atoms with E-state index in [1.54, 1.807) is 12.4 Å². The zero-order valence-corrected chi connectivity index (χ0v) is 14.3. The quantitative estimate of drug-likeness (QED) is 0.911. The third kappa shape index (κ3) is 3.78. The summed E-state index contributed by atoms with van der Waals surface area (Å²) in [4.78, 5) is 27.4. The van der Waals surface area contributed by atoms with E-state index in [4.69, 9.17) is 0 Å². The van der Waals surface area contributed by atoms with Crippen molar-refractivity contribution in [1.82, 2.24) is 25.2 Å². The van der Waals surface area contributed by atoms with Crippen LogP contribution in [0, 0.1) is 0 Å². The number of pyridine rings is 1. The minimum absolute atomic E-state index is 0.00910. The van der Waals surface area contributed by atoms with Crippen LogP contribution in [0.1, 0.15) is 54.6 Å². The Morgan fingerprint density at radius 1 is 1.16 bits per heavy atom. The van der Waals surface area contributed by atoms with Gasteiger partial charge in [-0.3, -0.25) is 4.98 Å². The highest BCUT2D eigenvalue weighted by atomic mass is 16.2. The first kappa shape index (κ1) is 16.0. The van der Waals surface area contributed by atoms with E-state index in [9.17, 15) is 4.79 Å². The fraction of sp³-hybridized carbons (Fsp3) is 0.474. The summed E-state index contributed by atoms with van der Waals surface area (Å²) in [7, 11) is 0. The van der Waals surface area contributed by atoms with Crippen LogP contribution in [0.3, 0.4) is 0 Å². The minimum Gasteiger partial charge on any atom is -0.338 e. The third-order valence-corrected chi connectivity index (χ3v) is 4.96. The number of amides is 2. The molecule has 6 heteroatoms. The second-order valence-corrected chi connectivity index (χ2v) is 6.84. The van der Waals surface area contributed by atoms with Crippen molar-refractivity contribution in [2.45, 2.75) is 44.1 Å². The van der Waals surface area contributed by atoms with Crippen LogP contribution in [0.2, 0.25) is 0 Å². The van der Waals surface area contributed by atoms with Crippen molar-refractivity contribution < 1.29 is 4.79 Å². The molecule has 0 spiro atoms. The van der Waals surface area contributed by atoms with E-state index in [0.717, 1.165) is 42.8 Å². The van der Waals surface area contributed by atoms with Gasteiger partial charge >= 0.3 is 6.03 Å². The number of hydrogen-bond donors (Lipinski definition) is 1. The van der Waals surface area contributed by atoms with E-state index in [0.29, 0.717) is 12.5 Å². The molecule has 6 nitrogen and oxygen atoms in total. The molecule has 2 aromatic rings. The number of aromatic nitrogens is 3. The van der Waals surface area contributed by atoms with Gasteiger partial charge in [-0.05, 0) is 55.4 Å². The first-order valence-electron chi connectivity index (χ1n) is 9.06. The lowest BCUT2D eigenvalue weighted by Gasteiger charge is -2.25. The van der Waals surface area contributed by atoms with Crippen LogP contribution < -0.4 is 5.32 Å². The number of carbonyl (C=O) groups is 1. The van der Waals surface area contributed by atoms with Gasteiger partial charge in [-0.1, -0.05) is 0 Å². The molecule has 2 amide bonds. The number of nitrogens with zero attached hydrogens (tertiary/aromatic N) is 4. The van der Waals surface area contributed by atoms with Crippen LogP contribution >= 0.6 is 0 Å². The zero-order chi connectivity index (χ0) is 17.1. The minimum atomic E-state index is 0.00910. The molecule has 1 N–H and O–H groups in total. The van der Waals surface area contributed by atoms with Gasteiger partial charge in [-0.2, -0.15) is 0 Å². The molecule has 1 aliphatic heterocycles. The Bertz CT molecular complexity index is 714. The summed E-state index contributed by atoms with van der Waals surface area (Å²) in [6.07, 6.45) is 12.6. The summed E-state index contributed by atoms with van der Waals surface area (Å²) in [5, 5.41) is 3.04. The first-order chi connectivity index (χ1) is 12.3. The van der Waals surface area contributed by atoms with Gasteiger partial charge in [0, 0.05) is 43.8 Å². The molecule has 0 aromatic carbocycles. The fourth-order valence-corrected chi connectivity index (χ4v) is 3.40. The largest absolute Gasteiger partial charge is 0.338 e. The molecular weight excluding hydrogens is 314 g/mol. The van der Waals surface area contributed by atoms with Crippen LogP contribution in [-0.2, 0) is 6.42 Å². The van der Waals surface area contributed by atoms with Crippen LogP contribution in [0.15, 0.2) is 36.9 Å². The van der Waals surface area contributed by atoms with Gasteiger partial charge in [-0.25, -0.2) is 14.8 Å². The maximum Gasteiger partial charge on any atom is 0.317 e. The van der Waals surface area contributed by atoms with E-state index in [-0.39, 0.29) is 12.1 Å². The predicted molar refractivity (Wildman–Crippen MR) is 94.0 cm³/mol. The second kappa shape index (κ2) is 7.17. The molecule has 1 atom stereocenters. The summed E-state index contributed by atoms with van der Waals surface area (Å²) in [5.74, 6) is 1.54. The number of carbonyl (C=O) groups excluding carboxylic acids is 1. The number of likely N-dealkylation sites (tertiary alicyclic amines) is 1. The Morgan fingerprint density at radius 3 is 2.64 bits per heavy atom. The Hall–Kier alpha value is -2.50. The molecule has 1 saturated carbocycles. The van der Waals surface area contributed by atoms with Crippen LogP contribution in [0.5, 0.6) is 0 Å². The van der Waals surface area contributed by atoms with Gasteiger partial charge in [0.25, 0.3) is 0 Å². The van der Waals surface area contributed by atoms with E-state index < -0.39 is 0 Å². The van der Waals surface area contributed by atoms with E-state index >= 15 is 0 Å². The average molecular weight is 337 g/mol. The molecule has 2 aliphatic rings. The molecule has 4 rings (SSSR count). The maximum absolute atomic E-state index is 12.5. The molecule has 25 heavy (non-hydrogen) atoms. The summed E-state index contributed by atoms with van der Waals surface area (Å²) < 4.78 is 0. The molecule has 1 aliphatic carbocycles. The SMILES string of the molecule is O=C(NCCc1cnc(C2CC2)nc1)N1CCCC1c1ccncc1. The summed E-state index contributed by atoms with van der Waals surface area (Å²) in [5.41, 5.74) is 2.23.